The molecule has 1 aliphatic carbocycles. The number of nitrogens with zero attached hydrogens (tertiary/aromatic N) is 2. The van der Waals surface area contributed by atoms with Crippen molar-refractivity contribution < 1.29 is 0 Å². The van der Waals surface area contributed by atoms with Gasteiger partial charge in [0.05, 0.1) is 0 Å². The molecule has 0 aromatic heterocycles. The zero-order valence-corrected chi connectivity index (χ0v) is 11.1. The number of rotatable bonds is 4. The maximum Gasteiger partial charge on any atom is 0.0373 e. The first kappa shape index (κ1) is 12.3. The lowest BCUT2D eigenvalue weighted by atomic mass is 9.79. The highest BCUT2D eigenvalue weighted by Gasteiger charge is 2.31. The normalized spacial score (nSPS) is 31.3. The van der Waals surface area contributed by atoms with Crippen LogP contribution in [0.1, 0.15) is 25.7 Å². The lowest BCUT2D eigenvalue weighted by Crippen LogP contribution is -2.58. The molecule has 3 heteroatoms. The lowest BCUT2D eigenvalue weighted by Gasteiger charge is -2.43. The van der Waals surface area contributed by atoms with Crippen molar-refractivity contribution in [1.29, 1.82) is 0 Å². The number of nitrogens with one attached hydrogen (secondary N) is 1. The quantitative estimate of drug-likeness (QED) is 0.770. The van der Waals surface area contributed by atoms with Gasteiger partial charge in [0.15, 0.2) is 0 Å². The highest BCUT2D eigenvalue weighted by molar-refractivity contribution is 4.90. The largest absolute Gasteiger partial charge is 0.315 e. The van der Waals surface area contributed by atoms with Crippen molar-refractivity contribution in [2.24, 2.45) is 5.92 Å². The molecular formula is C13H27N3. The predicted molar refractivity (Wildman–Crippen MR) is 68.7 cm³/mol. The van der Waals surface area contributed by atoms with Gasteiger partial charge in [-0.25, -0.2) is 0 Å². The molecule has 0 aromatic rings. The maximum absolute atomic E-state index is 3.55. The fraction of sp³-hybridized carbons (Fsp3) is 1.00. The predicted octanol–water partition coefficient (Wildman–Crippen LogP) is 1.01. The molecule has 1 heterocycles. The van der Waals surface area contributed by atoms with E-state index in [1.165, 1.54) is 45.3 Å². The van der Waals surface area contributed by atoms with Gasteiger partial charge in [-0.2, -0.15) is 0 Å². The van der Waals surface area contributed by atoms with Gasteiger partial charge in [-0.1, -0.05) is 19.3 Å². The van der Waals surface area contributed by atoms with Crippen LogP contribution in [0.25, 0.3) is 0 Å². The standard InChI is InChI=1S/C13H27N3/c1-14-12(9-11-5-4-6-11)13-10-15(2)7-8-16(13)3/h11-14H,4-10H2,1-3H3. The first-order chi connectivity index (χ1) is 7.70. The van der Waals surface area contributed by atoms with Crippen LogP contribution in [0, 0.1) is 5.92 Å². The molecule has 0 spiro atoms. The van der Waals surface area contributed by atoms with Gasteiger partial charge in [0.2, 0.25) is 0 Å². The smallest absolute Gasteiger partial charge is 0.0373 e. The van der Waals surface area contributed by atoms with E-state index in [9.17, 15) is 0 Å². The second kappa shape index (κ2) is 5.48. The van der Waals surface area contributed by atoms with Crippen LogP contribution in [0.3, 0.4) is 0 Å². The van der Waals surface area contributed by atoms with Crippen LogP contribution in [0.5, 0.6) is 0 Å². The number of likely N-dealkylation sites (N-methyl/N-ethyl adjacent to an activating group) is 3. The van der Waals surface area contributed by atoms with E-state index in [0.29, 0.717) is 12.1 Å². The Balaban J connectivity index is 1.89. The van der Waals surface area contributed by atoms with Gasteiger partial charge in [0, 0.05) is 31.7 Å². The summed E-state index contributed by atoms with van der Waals surface area (Å²) in [6, 6.07) is 1.38. The van der Waals surface area contributed by atoms with Crippen LogP contribution in [-0.2, 0) is 0 Å². The summed E-state index contributed by atoms with van der Waals surface area (Å²) < 4.78 is 0. The third-order valence-corrected chi connectivity index (χ3v) is 4.55. The molecule has 0 amide bonds. The Kier molecular flexibility index (Phi) is 4.22. The molecule has 0 aromatic carbocycles. The summed E-state index contributed by atoms with van der Waals surface area (Å²) in [5.41, 5.74) is 0. The van der Waals surface area contributed by atoms with Crippen LogP contribution in [0.4, 0.5) is 0 Å². The minimum atomic E-state index is 0.679. The summed E-state index contributed by atoms with van der Waals surface area (Å²) in [4.78, 5) is 5.01. The Hall–Kier alpha value is -0.120. The molecule has 2 fully saturated rings. The summed E-state index contributed by atoms with van der Waals surface area (Å²) in [6.07, 6.45) is 5.76. The Morgan fingerprint density at radius 1 is 1.25 bits per heavy atom. The minimum Gasteiger partial charge on any atom is -0.315 e. The zero-order chi connectivity index (χ0) is 11.5. The molecule has 16 heavy (non-hydrogen) atoms. The molecule has 1 saturated carbocycles. The lowest BCUT2D eigenvalue weighted by molar-refractivity contribution is 0.0769. The molecule has 0 bridgehead atoms. The first-order valence-corrected chi connectivity index (χ1v) is 6.76. The van der Waals surface area contributed by atoms with Crippen LogP contribution in [0.2, 0.25) is 0 Å². The van der Waals surface area contributed by atoms with Crippen molar-refractivity contribution in [2.45, 2.75) is 37.8 Å². The fourth-order valence-corrected chi connectivity index (χ4v) is 3.03. The van der Waals surface area contributed by atoms with E-state index >= 15 is 0 Å². The van der Waals surface area contributed by atoms with Crippen molar-refractivity contribution in [1.82, 2.24) is 15.1 Å². The Morgan fingerprint density at radius 3 is 2.56 bits per heavy atom. The number of hydrogen-bond donors (Lipinski definition) is 1. The second-order valence-corrected chi connectivity index (χ2v) is 5.74. The first-order valence-electron chi connectivity index (χ1n) is 6.76. The van der Waals surface area contributed by atoms with Gasteiger partial charge in [0.1, 0.15) is 0 Å². The van der Waals surface area contributed by atoms with Crippen LogP contribution >= 0.6 is 0 Å². The van der Waals surface area contributed by atoms with Crippen molar-refractivity contribution in [3.8, 4) is 0 Å². The molecule has 3 nitrogen and oxygen atoms in total. The Labute approximate surface area is 100 Å². The third kappa shape index (κ3) is 2.76. The molecular weight excluding hydrogens is 198 g/mol. The van der Waals surface area contributed by atoms with Gasteiger partial charge >= 0.3 is 0 Å². The van der Waals surface area contributed by atoms with Crippen molar-refractivity contribution >= 4 is 0 Å². The van der Waals surface area contributed by atoms with Crippen molar-refractivity contribution in [2.75, 3.05) is 40.8 Å². The fourth-order valence-electron chi connectivity index (χ4n) is 3.03. The van der Waals surface area contributed by atoms with Crippen LogP contribution in [0.15, 0.2) is 0 Å². The minimum absolute atomic E-state index is 0.679. The molecule has 2 atom stereocenters. The molecule has 2 aliphatic rings. The molecule has 0 radical (unpaired) electrons. The summed E-state index contributed by atoms with van der Waals surface area (Å²) in [5.74, 6) is 0.998. The van der Waals surface area contributed by atoms with Gasteiger partial charge in [-0.3, -0.25) is 4.90 Å². The van der Waals surface area contributed by atoms with E-state index in [2.05, 4.69) is 36.3 Å². The molecule has 94 valence electrons. The van der Waals surface area contributed by atoms with E-state index in [1.54, 1.807) is 0 Å². The van der Waals surface area contributed by atoms with Gasteiger partial charge in [0.25, 0.3) is 0 Å². The second-order valence-electron chi connectivity index (χ2n) is 5.74. The molecule has 1 N–H and O–H groups in total. The molecule has 2 unspecified atom stereocenters. The highest BCUT2D eigenvalue weighted by atomic mass is 15.3. The van der Waals surface area contributed by atoms with Gasteiger partial charge < -0.3 is 10.2 Å². The van der Waals surface area contributed by atoms with E-state index < -0.39 is 0 Å². The van der Waals surface area contributed by atoms with Crippen LogP contribution in [-0.4, -0.2) is 62.7 Å². The summed E-state index contributed by atoms with van der Waals surface area (Å²) in [6.45, 7) is 3.64. The average molecular weight is 225 g/mol. The average Bonchev–Trinajstić information content (AvgIpc) is 2.21. The number of hydrogen-bond acceptors (Lipinski definition) is 3. The zero-order valence-electron chi connectivity index (χ0n) is 11.1. The number of piperazine rings is 1. The summed E-state index contributed by atoms with van der Waals surface area (Å²) >= 11 is 0. The van der Waals surface area contributed by atoms with Gasteiger partial charge in [-0.15, -0.1) is 0 Å². The molecule has 1 aliphatic heterocycles. The highest BCUT2D eigenvalue weighted by Crippen LogP contribution is 2.31. The maximum atomic E-state index is 3.55. The van der Waals surface area contributed by atoms with E-state index in [4.69, 9.17) is 0 Å². The topological polar surface area (TPSA) is 18.5 Å². The Bertz CT molecular complexity index is 215. The third-order valence-electron chi connectivity index (χ3n) is 4.55. The van der Waals surface area contributed by atoms with Crippen molar-refractivity contribution in [3.05, 3.63) is 0 Å². The Morgan fingerprint density at radius 2 is 2.00 bits per heavy atom. The SMILES string of the molecule is CNC(CC1CCC1)C1CN(C)CCN1C. The monoisotopic (exact) mass is 225 g/mol. The van der Waals surface area contributed by atoms with Crippen LogP contribution < -0.4 is 5.32 Å². The summed E-state index contributed by atoms with van der Waals surface area (Å²) in [7, 11) is 6.66. The van der Waals surface area contributed by atoms with Gasteiger partial charge in [-0.05, 0) is 33.5 Å². The van der Waals surface area contributed by atoms with Crippen molar-refractivity contribution in [3.63, 3.8) is 0 Å². The molecule has 1 saturated heterocycles. The summed E-state index contributed by atoms with van der Waals surface area (Å²) in [5, 5.41) is 3.55. The van der Waals surface area contributed by atoms with E-state index in [1.807, 2.05) is 0 Å². The van der Waals surface area contributed by atoms with E-state index in [0.717, 1.165) is 5.92 Å². The molecule has 2 rings (SSSR count). The van der Waals surface area contributed by atoms with E-state index in [-0.39, 0.29) is 0 Å².